The van der Waals surface area contributed by atoms with Crippen molar-refractivity contribution in [3.8, 4) is 11.3 Å². The Kier molecular flexibility index (Phi) is 2.91. The molecule has 0 aromatic carbocycles. The van der Waals surface area contributed by atoms with Crippen LogP contribution in [0.2, 0.25) is 0 Å². The zero-order valence-corrected chi connectivity index (χ0v) is 10.3. The van der Waals surface area contributed by atoms with E-state index in [1.165, 1.54) is 4.90 Å². The van der Waals surface area contributed by atoms with Crippen molar-refractivity contribution in [3.63, 3.8) is 0 Å². The first-order valence-electron chi connectivity index (χ1n) is 6.20. The van der Waals surface area contributed by atoms with Gasteiger partial charge in [0.25, 0.3) is 0 Å². The second-order valence-corrected chi connectivity index (χ2v) is 4.56. The normalized spacial score (nSPS) is 18.7. The molecule has 98 valence electrons. The average Bonchev–Trinajstić information content (AvgIpc) is 3.08. The van der Waals surface area contributed by atoms with E-state index in [4.69, 9.17) is 5.11 Å². The van der Waals surface area contributed by atoms with E-state index in [-0.39, 0.29) is 6.04 Å². The highest BCUT2D eigenvalue weighted by Crippen LogP contribution is 2.31. The summed E-state index contributed by atoms with van der Waals surface area (Å²) >= 11 is 0. The minimum Gasteiger partial charge on any atom is -0.465 e. The maximum absolute atomic E-state index is 11.1. The van der Waals surface area contributed by atoms with E-state index in [0.717, 1.165) is 24.1 Å². The molecule has 1 saturated heterocycles. The van der Waals surface area contributed by atoms with Gasteiger partial charge < -0.3 is 10.1 Å². The zero-order chi connectivity index (χ0) is 13.2. The average molecular weight is 258 g/mol. The molecule has 1 amide bonds. The molecule has 1 atom stereocenters. The molecule has 1 fully saturated rings. The number of carbonyl (C=O) groups is 1. The zero-order valence-electron chi connectivity index (χ0n) is 10.3. The third-order valence-electron chi connectivity index (χ3n) is 3.38. The molecule has 19 heavy (non-hydrogen) atoms. The van der Waals surface area contributed by atoms with E-state index >= 15 is 0 Å². The Labute approximate surface area is 110 Å². The van der Waals surface area contributed by atoms with E-state index in [1.54, 1.807) is 18.6 Å². The molecule has 2 aromatic rings. The summed E-state index contributed by atoms with van der Waals surface area (Å²) in [5, 5.41) is 9.14. The number of aromatic nitrogens is 3. The fraction of sp³-hybridized carbons (Fsp3) is 0.308. The molecule has 3 rings (SSSR count). The highest BCUT2D eigenvalue weighted by Gasteiger charge is 2.31. The topological polar surface area (TPSA) is 82.1 Å². The standard InChI is InChI=1S/C13H14N4O2/c18-13(19)17-6-2-4-11(17)12-15-8-10(16-12)9-3-1-5-14-7-9/h1,3,5,7-8,11H,2,4,6H2,(H,15,16)(H,18,19)/t11-/m0/s1. The summed E-state index contributed by atoms with van der Waals surface area (Å²) in [6.45, 7) is 0.572. The number of hydrogen-bond acceptors (Lipinski definition) is 3. The van der Waals surface area contributed by atoms with Crippen molar-refractivity contribution >= 4 is 6.09 Å². The minimum atomic E-state index is -0.887. The first-order valence-corrected chi connectivity index (χ1v) is 6.20. The van der Waals surface area contributed by atoms with Gasteiger partial charge >= 0.3 is 6.09 Å². The lowest BCUT2D eigenvalue weighted by Crippen LogP contribution is -2.29. The number of aromatic amines is 1. The summed E-state index contributed by atoms with van der Waals surface area (Å²) in [7, 11) is 0. The molecular weight excluding hydrogens is 244 g/mol. The molecule has 6 nitrogen and oxygen atoms in total. The summed E-state index contributed by atoms with van der Waals surface area (Å²) in [4.78, 5) is 24.2. The van der Waals surface area contributed by atoms with Crippen LogP contribution in [0.3, 0.4) is 0 Å². The predicted octanol–water partition coefficient (Wildman–Crippen LogP) is 2.29. The van der Waals surface area contributed by atoms with Crippen molar-refractivity contribution in [2.75, 3.05) is 6.54 Å². The number of amides is 1. The Morgan fingerprint density at radius 2 is 2.37 bits per heavy atom. The van der Waals surface area contributed by atoms with Gasteiger partial charge in [0.1, 0.15) is 5.82 Å². The summed E-state index contributed by atoms with van der Waals surface area (Å²) < 4.78 is 0. The van der Waals surface area contributed by atoms with Crippen molar-refractivity contribution in [1.29, 1.82) is 0 Å². The number of likely N-dealkylation sites (tertiary alicyclic amines) is 1. The highest BCUT2D eigenvalue weighted by atomic mass is 16.4. The molecule has 2 N–H and O–H groups in total. The highest BCUT2D eigenvalue weighted by molar-refractivity contribution is 5.66. The van der Waals surface area contributed by atoms with Crippen molar-refractivity contribution in [2.45, 2.75) is 18.9 Å². The maximum Gasteiger partial charge on any atom is 0.407 e. The van der Waals surface area contributed by atoms with Gasteiger partial charge in [0.15, 0.2) is 0 Å². The molecule has 0 bridgehead atoms. The third kappa shape index (κ3) is 2.16. The quantitative estimate of drug-likeness (QED) is 0.865. The minimum absolute atomic E-state index is 0.164. The van der Waals surface area contributed by atoms with Crippen LogP contribution in [0.4, 0.5) is 4.79 Å². The first-order chi connectivity index (χ1) is 9.25. The van der Waals surface area contributed by atoms with E-state index in [9.17, 15) is 4.79 Å². The van der Waals surface area contributed by atoms with Gasteiger partial charge in [-0.3, -0.25) is 9.88 Å². The van der Waals surface area contributed by atoms with E-state index in [0.29, 0.717) is 12.4 Å². The lowest BCUT2D eigenvalue weighted by Gasteiger charge is -2.19. The Hall–Kier alpha value is -2.37. The molecule has 1 aliphatic rings. The number of carboxylic acid groups (broad SMARTS) is 1. The Bertz CT molecular complexity index is 581. The Balaban J connectivity index is 1.87. The van der Waals surface area contributed by atoms with Crippen LogP contribution in [0.25, 0.3) is 11.3 Å². The Morgan fingerprint density at radius 3 is 3.11 bits per heavy atom. The van der Waals surface area contributed by atoms with E-state index in [1.807, 2.05) is 12.1 Å². The molecular formula is C13H14N4O2. The lowest BCUT2D eigenvalue weighted by atomic mass is 10.2. The second-order valence-electron chi connectivity index (χ2n) is 4.56. The molecule has 6 heteroatoms. The van der Waals surface area contributed by atoms with Gasteiger partial charge in [-0.1, -0.05) is 0 Å². The van der Waals surface area contributed by atoms with Crippen LogP contribution >= 0.6 is 0 Å². The van der Waals surface area contributed by atoms with Crippen LogP contribution in [0.1, 0.15) is 24.7 Å². The van der Waals surface area contributed by atoms with Crippen molar-refractivity contribution in [2.24, 2.45) is 0 Å². The maximum atomic E-state index is 11.1. The lowest BCUT2D eigenvalue weighted by molar-refractivity contribution is 0.139. The third-order valence-corrected chi connectivity index (χ3v) is 3.38. The summed E-state index contributed by atoms with van der Waals surface area (Å²) in [6, 6.07) is 3.63. The molecule has 2 aromatic heterocycles. The predicted molar refractivity (Wildman–Crippen MR) is 68.5 cm³/mol. The number of hydrogen-bond donors (Lipinski definition) is 2. The molecule has 1 aliphatic heterocycles. The monoisotopic (exact) mass is 258 g/mol. The number of H-pyrrole nitrogens is 1. The summed E-state index contributed by atoms with van der Waals surface area (Å²) in [6.07, 6.45) is 5.99. The van der Waals surface area contributed by atoms with Gasteiger partial charge in [0, 0.05) is 24.5 Å². The number of pyridine rings is 1. The van der Waals surface area contributed by atoms with Gasteiger partial charge in [-0.15, -0.1) is 0 Å². The summed E-state index contributed by atoms with van der Waals surface area (Å²) in [5.41, 5.74) is 1.81. The van der Waals surface area contributed by atoms with Crippen LogP contribution in [0, 0.1) is 0 Å². The number of imidazole rings is 1. The van der Waals surface area contributed by atoms with Crippen LogP contribution in [0.15, 0.2) is 30.7 Å². The fourth-order valence-corrected chi connectivity index (χ4v) is 2.45. The van der Waals surface area contributed by atoms with Crippen molar-refractivity contribution in [3.05, 3.63) is 36.5 Å². The summed E-state index contributed by atoms with van der Waals surface area (Å²) in [5.74, 6) is 0.707. The van der Waals surface area contributed by atoms with Gasteiger partial charge in [-0.2, -0.15) is 0 Å². The Morgan fingerprint density at radius 1 is 1.47 bits per heavy atom. The van der Waals surface area contributed by atoms with Crippen LogP contribution < -0.4 is 0 Å². The van der Waals surface area contributed by atoms with E-state index in [2.05, 4.69) is 15.0 Å². The molecule has 0 radical (unpaired) electrons. The van der Waals surface area contributed by atoms with Crippen LogP contribution in [0.5, 0.6) is 0 Å². The van der Waals surface area contributed by atoms with Crippen molar-refractivity contribution < 1.29 is 9.90 Å². The number of nitrogens with one attached hydrogen (secondary N) is 1. The number of rotatable bonds is 2. The van der Waals surface area contributed by atoms with Crippen LogP contribution in [-0.2, 0) is 0 Å². The molecule has 0 spiro atoms. The molecule has 0 aliphatic carbocycles. The van der Waals surface area contributed by atoms with Crippen molar-refractivity contribution in [1.82, 2.24) is 19.9 Å². The first kappa shape index (κ1) is 11.7. The molecule has 0 saturated carbocycles. The second kappa shape index (κ2) is 4.72. The molecule has 0 unspecified atom stereocenters. The number of nitrogens with zero attached hydrogens (tertiary/aromatic N) is 3. The molecule has 3 heterocycles. The van der Waals surface area contributed by atoms with Crippen LogP contribution in [-0.4, -0.2) is 37.6 Å². The van der Waals surface area contributed by atoms with Gasteiger partial charge in [-0.25, -0.2) is 9.78 Å². The SMILES string of the molecule is O=C(O)N1CCC[C@H]1c1ncc(-c2cccnc2)[nH]1. The smallest absolute Gasteiger partial charge is 0.407 e. The fourth-order valence-electron chi connectivity index (χ4n) is 2.45. The largest absolute Gasteiger partial charge is 0.465 e. The van der Waals surface area contributed by atoms with E-state index < -0.39 is 6.09 Å². The van der Waals surface area contributed by atoms with Gasteiger partial charge in [0.05, 0.1) is 17.9 Å². The van der Waals surface area contributed by atoms with Gasteiger partial charge in [-0.05, 0) is 25.0 Å². The van der Waals surface area contributed by atoms with Gasteiger partial charge in [0.2, 0.25) is 0 Å².